The predicted octanol–water partition coefficient (Wildman–Crippen LogP) is 4.41. The maximum atomic E-state index is 12.5. The second kappa shape index (κ2) is 9.39. The number of aromatic hydroxyl groups is 2. The molecule has 0 aliphatic heterocycles. The number of esters is 1. The summed E-state index contributed by atoms with van der Waals surface area (Å²) < 4.78 is 16.7. The summed E-state index contributed by atoms with van der Waals surface area (Å²) in [5, 5.41) is 20.2. The number of carbonyl (C=O) groups is 1. The van der Waals surface area contributed by atoms with Crippen LogP contribution in [0.5, 0.6) is 23.0 Å². The largest absolute Gasteiger partial charge is 0.504 e. The van der Waals surface area contributed by atoms with E-state index >= 15 is 0 Å². The molecule has 0 spiro atoms. The average molecular weight is 354 g/mol. The first kappa shape index (κ1) is 20.9. The van der Waals surface area contributed by atoms with E-state index in [0.717, 1.165) is 25.7 Å². The molecule has 142 valence electrons. The molecular formula is C19H30O6. The van der Waals surface area contributed by atoms with E-state index in [2.05, 4.69) is 0 Å². The van der Waals surface area contributed by atoms with Crippen molar-refractivity contribution in [3.63, 3.8) is 0 Å². The molecule has 1 aromatic rings. The molecular weight excluding hydrogens is 324 g/mol. The third-order valence-corrected chi connectivity index (χ3v) is 3.30. The molecule has 1 rings (SSSR count). The van der Waals surface area contributed by atoms with Gasteiger partial charge < -0.3 is 24.4 Å². The van der Waals surface area contributed by atoms with Crippen molar-refractivity contribution >= 4 is 5.97 Å². The fraction of sp³-hybridized carbons (Fsp3) is 0.632. The Labute approximate surface area is 149 Å². The smallest absolute Gasteiger partial charge is 0.346 e. The molecule has 0 bridgehead atoms. The van der Waals surface area contributed by atoms with Gasteiger partial charge in [0.2, 0.25) is 0 Å². The summed E-state index contributed by atoms with van der Waals surface area (Å²) in [4.78, 5) is 12.5. The van der Waals surface area contributed by atoms with Gasteiger partial charge in [0, 0.05) is 6.07 Å². The molecule has 6 heteroatoms. The molecule has 0 heterocycles. The molecule has 0 fully saturated rings. The molecule has 0 atom stereocenters. The molecule has 0 unspecified atom stereocenters. The van der Waals surface area contributed by atoms with E-state index in [1.54, 1.807) is 20.8 Å². The van der Waals surface area contributed by atoms with Crippen LogP contribution in [0.2, 0.25) is 0 Å². The second-order valence-corrected chi connectivity index (χ2v) is 6.85. The number of phenols is 2. The number of rotatable bonds is 9. The minimum absolute atomic E-state index is 0.106. The number of phenolic OH excluding ortho intramolecular Hbond substituents is 2. The van der Waals surface area contributed by atoms with Crippen molar-refractivity contribution in [2.75, 3.05) is 13.2 Å². The van der Waals surface area contributed by atoms with E-state index in [1.807, 2.05) is 13.8 Å². The van der Waals surface area contributed by atoms with Crippen LogP contribution < -0.4 is 9.47 Å². The Morgan fingerprint density at radius 2 is 1.60 bits per heavy atom. The van der Waals surface area contributed by atoms with Crippen LogP contribution in [0, 0.1) is 0 Å². The fourth-order valence-corrected chi connectivity index (χ4v) is 2.03. The number of unbranched alkanes of at least 4 members (excludes halogenated alkanes) is 2. The van der Waals surface area contributed by atoms with Crippen molar-refractivity contribution in [3.8, 4) is 23.0 Å². The SMILES string of the molecule is CCCCOc1cc(O)c(O)c(C(=O)OC(C)(C)C)c1OCCCC. The molecule has 0 saturated carbocycles. The van der Waals surface area contributed by atoms with Crippen LogP contribution >= 0.6 is 0 Å². The Kier molecular flexibility index (Phi) is 7.87. The highest BCUT2D eigenvalue weighted by Crippen LogP contribution is 2.44. The average Bonchev–Trinajstić information content (AvgIpc) is 2.50. The lowest BCUT2D eigenvalue weighted by atomic mass is 10.1. The monoisotopic (exact) mass is 354 g/mol. The van der Waals surface area contributed by atoms with Gasteiger partial charge in [0.05, 0.1) is 13.2 Å². The van der Waals surface area contributed by atoms with Gasteiger partial charge in [0.25, 0.3) is 0 Å². The van der Waals surface area contributed by atoms with Crippen molar-refractivity contribution in [2.24, 2.45) is 0 Å². The lowest BCUT2D eigenvalue weighted by Crippen LogP contribution is -2.24. The van der Waals surface area contributed by atoms with Gasteiger partial charge in [-0.15, -0.1) is 0 Å². The van der Waals surface area contributed by atoms with Crippen LogP contribution in [0.15, 0.2) is 6.07 Å². The molecule has 0 aromatic heterocycles. The number of hydrogen-bond donors (Lipinski definition) is 2. The molecule has 1 aromatic carbocycles. The number of ether oxygens (including phenoxy) is 3. The van der Waals surface area contributed by atoms with Crippen molar-refractivity contribution < 1.29 is 29.2 Å². The zero-order valence-electron chi connectivity index (χ0n) is 15.8. The Balaban J connectivity index is 3.29. The highest BCUT2D eigenvalue weighted by Gasteiger charge is 2.29. The van der Waals surface area contributed by atoms with E-state index in [1.165, 1.54) is 6.07 Å². The van der Waals surface area contributed by atoms with E-state index in [0.29, 0.717) is 13.2 Å². The van der Waals surface area contributed by atoms with Crippen LogP contribution in [0.1, 0.15) is 70.7 Å². The van der Waals surface area contributed by atoms with Gasteiger partial charge in [-0.1, -0.05) is 26.7 Å². The van der Waals surface area contributed by atoms with E-state index in [4.69, 9.17) is 14.2 Å². The quantitative estimate of drug-likeness (QED) is 0.388. The summed E-state index contributed by atoms with van der Waals surface area (Å²) in [6.07, 6.45) is 3.45. The molecule has 0 aliphatic rings. The summed E-state index contributed by atoms with van der Waals surface area (Å²) in [7, 11) is 0. The summed E-state index contributed by atoms with van der Waals surface area (Å²) in [6, 6.07) is 1.26. The number of benzene rings is 1. The first-order chi connectivity index (χ1) is 11.7. The molecule has 0 aliphatic carbocycles. The first-order valence-electron chi connectivity index (χ1n) is 8.79. The zero-order valence-corrected chi connectivity index (χ0v) is 15.8. The summed E-state index contributed by atoms with van der Waals surface area (Å²) >= 11 is 0. The zero-order chi connectivity index (χ0) is 19.0. The molecule has 0 amide bonds. The number of carbonyl (C=O) groups excluding carboxylic acids is 1. The van der Waals surface area contributed by atoms with E-state index < -0.39 is 23.1 Å². The second-order valence-electron chi connectivity index (χ2n) is 6.85. The first-order valence-corrected chi connectivity index (χ1v) is 8.79. The van der Waals surface area contributed by atoms with E-state index in [-0.39, 0.29) is 17.1 Å². The maximum absolute atomic E-state index is 12.5. The van der Waals surface area contributed by atoms with Crippen molar-refractivity contribution in [2.45, 2.75) is 65.9 Å². The van der Waals surface area contributed by atoms with Crippen LogP contribution in [-0.2, 0) is 4.74 Å². The van der Waals surface area contributed by atoms with Gasteiger partial charge in [-0.3, -0.25) is 0 Å². The van der Waals surface area contributed by atoms with Gasteiger partial charge in [0.1, 0.15) is 5.60 Å². The topological polar surface area (TPSA) is 85.2 Å². The van der Waals surface area contributed by atoms with Crippen molar-refractivity contribution in [1.82, 2.24) is 0 Å². The van der Waals surface area contributed by atoms with Gasteiger partial charge in [-0.2, -0.15) is 0 Å². The lowest BCUT2D eigenvalue weighted by Gasteiger charge is -2.22. The van der Waals surface area contributed by atoms with Crippen molar-refractivity contribution in [3.05, 3.63) is 11.6 Å². The summed E-state index contributed by atoms with van der Waals surface area (Å²) in [5.41, 5.74) is -0.962. The van der Waals surface area contributed by atoms with E-state index in [9.17, 15) is 15.0 Å². The van der Waals surface area contributed by atoms with Gasteiger partial charge in [-0.25, -0.2) is 4.79 Å². The summed E-state index contributed by atoms with van der Waals surface area (Å²) in [6.45, 7) is 10.00. The maximum Gasteiger partial charge on any atom is 0.346 e. The molecule has 25 heavy (non-hydrogen) atoms. The van der Waals surface area contributed by atoms with Crippen LogP contribution in [0.3, 0.4) is 0 Å². The predicted molar refractivity (Wildman–Crippen MR) is 95.7 cm³/mol. The minimum Gasteiger partial charge on any atom is -0.504 e. The normalized spacial score (nSPS) is 11.2. The molecule has 0 radical (unpaired) electrons. The Morgan fingerprint density at radius 3 is 2.12 bits per heavy atom. The standard InChI is InChI=1S/C19H30O6/c1-6-8-10-23-14-12-13(20)16(21)15(17(14)24-11-9-7-2)18(22)25-19(3,4)5/h12,20-21H,6-11H2,1-5H3. The van der Waals surface area contributed by atoms with Gasteiger partial charge in [0.15, 0.2) is 28.6 Å². The fourth-order valence-electron chi connectivity index (χ4n) is 2.03. The third-order valence-electron chi connectivity index (χ3n) is 3.30. The van der Waals surface area contributed by atoms with Gasteiger partial charge >= 0.3 is 5.97 Å². The summed E-state index contributed by atoms with van der Waals surface area (Å²) in [5.74, 6) is -1.46. The Hall–Kier alpha value is -2.11. The number of hydrogen-bond acceptors (Lipinski definition) is 6. The highest BCUT2D eigenvalue weighted by molar-refractivity contribution is 5.98. The Bertz CT molecular complexity index is 574. The van der Waals surface area contributed by atoms with Crippen LogP contribution in [0.4, 0.5) is 0 Å². The lowest BCUT2D eigenvalue weighted by molar-refractivity contribution is 0.00613. The third kappa shape index (κ3) is 6.36. The van der Waals surface area contributed by atoms with Crippen LogP contribution in [-0.4, -0.2) is 35.0 Å². The highest BCUT2D eigenvalue weighted by atomic mass is 16.6. The van der Waals surface area contributed by atoms with Gasteiger partial charge in [-0.05, 0) is 33.6 Å². The molecule has 6 nitrogen and oxygen atoms in total. The van der Waals surface area contributed by atoms with Crippen LogP contribution in [0.25, 0.3) is 0 Å². The minimum atomic E-state index is -0.771. The van der Waals surface area contributed by atoms with Crippen molar-refractivity contribution in [1.29, 1.82) is 0 Å². The Morgan fingerprint density at radius 1 is 1.04 bits per heavy atom. The molecule has 2 N–H and O–H groups in total. The molecule has 0 saturated heterocycles.